The molecule has 1 aliphatic heterocycles. The lowest BCUT2D eigenvalue weighted by molar-refractivity contribution is -0.125. The second-order valence-electron chi connectivity index (χ2n) is 5.10. The van der Waals surface area contributed by atoms with Crippen molar-refractivity contribution < 1.29 is 9.59 Å². The highest BCUT2D eigenvalue weighted by molar-refractivity contribution is 5.80. The van der Waals surface area contributed by atoms with Crippen LogP contribution in [0.25, 0.3) is 0 Å². The summed E-state index contributed by atoms with van der Waals surface area (Å²) >= 11 is 0. The quantitative estimate of drug-likeness (QED) is 0.816. The van der Waals surface area contributed by atoms with Crippen LogP contribution in [0.4, 0.5) is 0 Å². The molecule has 1 atom stereocenters. The van der Waals surface area contributed by atoms with E-state index in [1.807, 2.05) is 35.2 Å². The summed E-state index contributed by atoms with van der Waals surface area (Å²) in [5, 5.41) is 5.56. The number of nitrogens with zero attached hydrogens (tertiary/aromatic N) is 1. The Morgan fingerprint density at radius 2 is 2.05 bits per heavy atom. The van der Waals surface area contributed by atoms with Crippen molar-refractivity contribution in [3.63, 3.8) is 0 Å². The summed E-state index contributed by atoms with van der Waals surface area (Å²) in [6.45, 7) is 2.38. The molecule has 1 fully saturated rings. The summed E-state index contributed by atoms with van der Waals surface area (Å²) < 4.78 is 0. The number of likely N-dealkylation sites (tertiary alicyclic amines) is 1. The zero-order valence-electron chi connectivity index (χ0n) is 11.8. The molecule has 5 nitrogen and oxygen atoms in total. The molecule has 1 aromatic rings. The van der Waals surface area contributed by atoms with Crippen molar-refractivity contribution in [3.05, 3.63) is 35.9 Å². The minimum absolute atomic E-state index is 0.00593. The van der Waals surface area contributed by atoms with Crippen LogP contribution in [-0.4, -0.2) is 43.4 Å². The Bertz CT molecular complexity index is 461. The minimum Gasteiger partial charge on any atom is -0.359 e. The molecule has 2 N–H and O–H groups in total. The van der Waals surface area contributed by atoms with E-state index in [4.69, 9.17) is 0 Å². The summed E-state index contributed by atoms with van der Waals surface area (Å²) in [7, 11) is 1.65. The van der Waals surface area contributed by atoms with E-state index in [0.29, 0.717) is 19.6 Å². The van der Waals surface area contributed by atoms with E-state index in [0.717, 1.165) is 18.5 Å². The molecule has 5 heteroatoms. The van der Waals surface area contributed by atoms with Crippen molar-refractivity contribution in [2.24, 2.45) is 5.92 Å². The van der Waals surface area contributed by atoms with Gasteiger partial charge in [0, 0.05) is 20.1 Å². The smallest absolute Gasteiger partial charge is 0.234 e. The SMILES string of the molecule is CNC(=O)C1CCN(CC(=O)NCc2ccccc2)C1. The number of nitrogens with one attached hydrogen (secondary N) is 2. The largest absolute Gasteiger partial charge is 0.359 e. The Hall–Kier alpha value is -1.88. The molecule has 108 valence electrons. The molecule has 0 radical (unpaired) electrons. The Labute approximate surface area is 119 Å². The second-order valence-corrected chi connectivity index (χ2v) is 5.10. The number of carbonyl (C=O) groups is 2. The van der Waals surface area contributed by atoms with Gasteiger partial charge < -0.3 is 10.6 Å². The van der Waals surface area contributed by atoms with Crippen LogP contribution in [0.15, 0.2) is 30.3 Å². The van der Waals surface area contributed by atoms with E-state index in [1.165, 1.54) is 0 Å². The maximum absolute atomic E-state index is 11.9. The summed E-state index contributed by atoms with van der Waals surface area (Å²) in [6.07, 6.45) is 0.825. The highest BCUT2D eigenvalue weighted by Gasteiger charge is 2.28. The molecule has 1 saturated heterocycles. The number of rotatable bonds is 5. The van der Waals surface area contributed by atoms with Gasteiger partial charge in [-0.3, -0.25) is 14.5 Å². The number of carbonyl (C=O) groups excluding carboxylic acids is 2. The molecule has 2 amide bonds. The number of amides is 2. The van der Waals surface area contributed by atoms with Crippen LogP contribution in [0.2, 0.25) is 0 Å². The van der Waals surface area contributed by atoms with Crippen LogP contribution < -0.4 is 10.6 Å². The van der Waals surface area contributed by atoms with Crippen molar-refractivity contribution in [3.8, 4) is 0 Å². The van der Waals surface area contributed by atoms with E-state index < -0.39 is 0 Å². The maximum Gasteiger partial charge on any atom is 0.234 e. The Balaban J connectivity index is 1.72. The third kappa shape index (κ3) is 4.06. The molecule has 1 unspecified atom stereocenters. The lowest BCUT2D eigenvalue weighted by atomic mass is 10.1. The summed E-state index contributed by atoms with van der Waals surface area (Å²) in [6, 6.07) is 9.83. The molecule has 1 aliphatic rings. The molecule has 0 aliphatic carbocycles. The Morgan fingerprint density at radius 3 is 2.75 bits per heavy atom. The first kappa shape index (κ1) is 14.5. The molecule has 0 aromatic heterocycles. The van der Waals surface area contributed by atoms with Gasteiger partial charge in [0.1, 0.15) is 0 Å². The first-order valence-corrected chi connectivity index (χ1v) is 6.93. The summed E-state index contributed by atoms with van der Waals surface area (Å²) in [4.78, 5) is 25.4. The van der Waals surface area contributed by atoms with Gasteiger partial charge in [-0.05, 0) is 18.5 Å². The third-order valence-corrected chi connectivity index (χ3v) is 3.59. The molecular weight excluding hydrogens is 254 g/mol. The lowest BCUT2D eigenvalue weighted by Gasteiger charge is -2.15. The Morgan fingerprint density at radius 1 is 1.30 bits per heavy atom. The normalized spacial score (nSPS) is 18.8. The average molecular weight is 275 g/mol. The van der Waals surface area contributed by atoms with Gasteiger partial charge in [-0.25, -0.2) is 0 Å². The van der Waals surface area contributed by atoms with E-state index in [1.54, 1.807) is 7.05 Å². The summed E-state index contributed by atoms with van der Waals surface area (Å²) in [5.74, 6) is 0.0885. The lowest BCUT2D eigenvalue weighted by Crippen LogP contribution is -2.37. The van der Waals surface area contributed by atoms with Crippen molar-refractivity contribution in [2.75, 3.05) is 26.7 Å². The van der Waals surface area contributed by atoms with E-state index in [2.05, 4.69) is 10.6 Å². The fourth-order valence-corrected chi connectivity index (χ4v) is 2.45. The number of hydrogen-bond acceptors (Lipinski definition) is 3. The van der Waals surface area contributed by atoms with Gasteiger partial charge in [-0.1, -0.05) is 30.3 Å². The summed E-state index contributed by atoms with van der Waals surface area (Å²) in [5.41, 5.74) is 1.09. The fourth-order valence-electron chi connectivity index (χ4n) is 2.45. The van der Waals surface area contributed by atoms with Crippen molar-refractivity contribution in [1.29, 1.82) is 0 Å². The zero-order valence-corrected chi connectivity index (χ0v) is 11.8. The van der Waals surface area contributed by atoms with Gasteiger partial charge in [0.15, 0.2) is 0 Å². The van der Waals surface area contributed by atoms with Crippen LogP contribution >= 0.6 is 0 Å². The number of hydrogen-bond donors (Lipinski definition) is 2. The van der Waals surface area contributed by atoms with Crippen LogP contribution in [0, 0.1) is 5.92 Å². The van der Waals surface area contributed by atoms with E-state index in [9.17, 15) is 9.59 Å². The first-order valence-electron chi connectivity index (χ1n) is 6.93. The van der Waals surface area contributed by atoms with Gasteiger partial charge >= 0.3 is 0 Å². The number of benzene rings is 1. The second kappa shape index (κ2) is 7.05. The molecule has 1 aromatic carbocycles. The van der Waals surface area contributed by atoms with Crippen molar-refractivity contribution >= 4 is 11.8 Å². The monoisotopic (exact) mass is 275 g/mol. The van der Waals surface area contributed by atoms with Gasteiger partial charge in [-0.15, -0.1) is 0 Å². The van der Waals surface area contributed by atoms with E-state index >= 15 is 0 Å². The van der Waals surface area contributed by atoms with Crippen LogP contribution in [0.3, 0.4) is 0 Å². The predicted octanol–water partition coefficient (Wildman–Crippen LogP) is 0.371. The maximum atomic E-state index is 11.9. The highest BCUT2D eigenvalue weighted by Crippen LogP contribution is 2.15. The van der Waals surface area contributed by atoms with Crippen molar-refractivity contribution in [1.82, 2.24) is 15.5 Å². The van der Waals surface area contributed by atoms with Crippen LogP contribution in [0.1, 0.15) is 12.0 Å². The molecule has 20 heavy (non-hydrogen) atoms. The molecule has 0 saturated carbocycles. The van der Waals surface area contributed by atoms with Gasteiger partial charge in [0.2, 0.25) is 11.8 Å². The zero-order chi connectivity index (χ0) is 14.4. The standard InChI is InChI=1S/C15H21N3O2/c1-16-15(20)13-7-8-18(10-13)11-14(19)17-9-12-5-3-2-4-6-12/h2-6,13H,7-11H2,1H3,(H,16,20)(H,17,19). The average Bonchev–Trinajstić information content (AvgIpc) is 2.94. The molecule has 2 rings (SSSR count). The van der Waals surface area contributed by atoms with Gasteiger partial charge in [-0.2, -0.15) is 0 Å². The van der Waals surface area contributed by atoms with Gasteiger partial charge in [0.25, 0.3) is 0 Å². The topological polar surface area (TPSA) is 61.4 Å². The van der Waals surface area contributed by atoms with Crippen LogP contribution in [-0.2, 0) is 16.1 Å². The molecular formula is C15H21N3O2. The fraction of sp³-hybridized carbons (Fsp3) is 0.467. The van der Waals surface area contributed by atoms with Crippen molar-refractivity contribution in [2.45, 2.75) is 13.0 Å². The van der Waals surface area contributed by atoms with E-state index in [-0.39, 0.29) is 17.7 Å². The molecule has 0 spiro atoms. The first-order chi connectivity index (χ1) is 9.69. The molecule has 0 bridgehead atoms. The van der Waals surface area contributed by atoms with Gasteiger partial charge in [0.05, 0.1) is 12.5 Å². The predicted molar refractivity (Wildman–Crippen MR) is 76.9 cm³/mol. The third-order valence-electron chi connectivity index (χ3n) is 3.59. The minimum atomic E-state index is 0.00593. The molecule has 1 heterocycles. The van der Waals surface area contributed by atoms with Crippen LogP contribution in [0.5, 0.6) is 0 Å². The Kier molecular flexibility index (Phi) is 5.12. The highest BCUT2D eigenvalue weighted by atomic mass is 16.2.